The van der Waals surface area contributed by atoms with Crippen molar-refractivity contribution in [3.05, 3.63) is 63.3 Å². The summed E-state index contributed by atoms with van der Waals surface area (Å²) in [6.45, 7) is 1.77. The van der Waals surface area contributed by atoms with Gasteiger partial charge in [-0.3, -0.25) is 0 Å². The standard InChI is InChI=1S/C15H14BrClFNO/c1-9(19)15(11-4-2-3-5-13(11)18)20-14-8-10(16)6-7-12(14)17/h2-9,15H,19H2,1H3. The smallest absolute Gasteiger partial charge is 0.141 e. The van der Waals surface area contributed by atoms with Crippen LogP contribution in [0.15, 0.2) is 46.9 Å². The fourth-order valence-corrected chi connectivity index (χ4v) is 2.37. The van der Waals surface area contributed by atoms with Gasteiger partial charge in [0, 0.05) is 16.1 Å². The monoisotopic (exact) mass is 357 g/mol. The molecule has 0 bridgehead atoms. The van der Waals surface area contributed by atoms with Gasteiger partial charge in [-0.25, -0.2) is 4.39 Å². The molecule has 2 rings (SSSR count). The van der Waals surface area contributed by atoms with Crippen molar-refractivity contribution in [2.24, 2.45) is 5.73 Å². The van der Waals surface area contributed by atoms with E-state index in [9.17, 15) is 4.39 Å². The van der Waals surface area contributed by atoms with Crippen molar-refractivity contribution in [2.75, 3.05) is 0 Å². The van der Waals surface area contributed by atoms with Crippen LogP contribution < -0.4 is 10.5 Å². The molecular formula is C15H14BrClFNO. The quantitative estimate of drug-likeness (QED) is 0.859. The fraction of sp³-hybridized carbons (Fsp3) is 0.200. The van der Waals surface area contributed by atoms with Gasteiger partial charge >= 0.3 is 0 Å². The zero-order valence-electron chi connectivity index (χ0n) is 10.8. The van der Waals surface area contributed by atoms with E-state index in [4.69, 9.17) is 22.1 Å². The normalized spacial score (nSPS) is 13.8. The van der Waals surface area contributed by atoms with Crippen LogP contribution in [0.4, 0.5) is 4.39 Å². The Morgan fingerprint density at radius 3 is 2.60 bits per heavy atom. The van der Waals surface area contributed by atoms with Crippen LogP contribution in [-0.2, 0) is 0 Å². The first-order valence-electron chi connectivity index (χ1n) is 6.10. The molecule has 2 unspecified atom stereocenters. The second-order valence-electron chi connectivity index (χ2n) is 4.49. The molecule has 2 atom stereocenters. The lowest BCUT2D eigenvalue weighted by Crippen LogP contribution is -2.29. The third kappa shape index (κ3) is 3.51. The van der Waals surface area contributed by atoms with Gasteiger partial charge in [0.2, 0.25) is 0 Å². The van der Waals surface area contributed by atoms with Crippen LogP contribution in [0.2, 0.25) is 5.02 Å². The Balaban J connectivity index is 2.36. The van der Waals surface area contributed by atoms with E-state index in [1.54, 1.807) is 43.3 Å². The van der Waals surface area contributed by atoms with E-state index in [1.165, 1.54) is 6.07 Å². The van der Waals surface area contributed by atoms with Gasteiger partial charge in [-0.1, -0.05) is 45.7 Å². The van der Waals surface area contributed by atoms with Crippen molar-refractivity contribution in [2.45, 2.75) is 19.1 Å². The molecule has 2 aromatic carbocycles. The SMILES string of the molecule is CC(N)C(Oc1cc(Br)ccc1Cl)c1ccccc1F. The molecule has 106 valence electrons. The molecule has 0 aliphatic carbocycles. The maximum atomic E-state index is 13.9. The number of rotatable bonds is 4. The first-order chi connectivity index (χ1) is 9.49. The second kappa shape index (κ2) is 6.57. The van der Waals surface area contributed by atoms with Gasteiger partial charge in [-0.05, 0) is 31.2 Å². The molecular weight excluding hydrogens is 345 g/mol. The van der Waals surface area contributed by atoms with E-state index in [1.807, 2.05) is 0 Å². The van der Waals surface area contributed by atoms with Crippen LogP contribution >= 0.6 is 27.5 Å². The first-order valence-corrected chi connectivity index (χ1v) is 7.28. The molecule has 0 fully saturated rings. The highest BCUT2D eigenvalue weighted by Crippen LogP contribution is 2.33. The second-order valence-corrected chi connectivity index (χ2v) is 5.82. The summed E-state index contributed by atoms with van der Waals surface area (Å²) in [5.74, 6) is 0.118. The molecule has 0 spiro atoms. The maximum Gasteiger partial charge on any atom is 0.141 e. The van der Waals surface area contributed by atoms with Crippen LogP contribution in [0.1, 0.15) is 18.6 Å². The molecule has 0 saturated heterocycles. The molecule has 2 aromatic rings. The molecule has 0 amide bonds. The highest BCUT2D eigenvalue weighted by molar-refractivity contribution is 9.10. The highest BCUT2D eigenvalue weighted by Gasteiger charge is 2.22. The Bertz CT molecular complexity index is 606. The van der Waals surface area contributed by atoms with Gasteiger partial charge in [0.15, 0.2) is 0 Å². The Hall–Kier alpha value is -1.10. The summed E-state index contributed by atoms with van der Waals surface area (Å²) in [6.07, 6.45) is -0.608. The highest BCUT2D eigenvalue weighted by atomic mass is 79.9. The molecule has 0 heterocycles. The Labute approximate surface area is 130 Å². The summed E-state index contributed by atoms with van der Waals surface area (Å²) < 4.78 is 20.6. The number of benzene rings is 2. The van der Waals surface area contributed by atoms with Crippen LogP contribution in [0.5, 0.6) is 5.75 Å². The van der Waals surface area contributed by atoms with Crippen molar-refractivity contribution in [1.82, 2.24) is 0 Å². The molecule has 20 heavy (non-hydrogen) atoms. The molecule has 0 saturated carbocycles. The average Bonchev–Trinajstić information content (AvgIpc) is 2.40. The number of nitrogens with two attached hydrogens (primary N) is 1. The van der Waals surface area contributed by atoms with Gasteiger partial charge < -0.3 is 10.5 Å². The van der Waals surface area contributed by atoms with E-state index in [-0.39, 0.29) is 11.9 Å². The maximum absolute atomic E-state index is 13.9. The Morgan fingerprint density at radius 2 is 1.95 bits per heavy atom. The summed E-state index contributed by atoms with van der Waals surface area (Å²) in [7, 11) is 0. The molecule has 0 aromatic heterocycles. The lowest BCUT2D eigenvalue weighted by molar-refractivity contribution is 0.176. The van der Waals surface area contributed by atoms with Gasteiger partial charge in [-0.15, -0.1) is 0 Å². The third-order valence-electron chi connectivity index (χ3n) is 2.84. The number of hydrogen-bond acceptors (Lipinski definition) is 2. The Morgan fingerprint density at radius 1 is 1.25 bits per heavy atom. The summed E-state index contributed by atoms with van der Waals surface area (Å²) in [6, 6.07) is 11.3. The lowest BCUT2D eigenvalue weighted by atomic mass is 10.0. The first kappa shape index (κ1) is 15.3. The van der Waals surface area contributed by atoms with Crippen molar-refractivity contribution < 1.29 is 9.13 Å². The summed E-state index contributed by atoms with van der Waals surface area (Å²) in [5, 5.41) is 0.454. The van der Waals surface area contributed by atoms with Gasteiger partial charge in [0.05, 0.1) is 5.02 Å². The zero-order chi connectivity index (χ0) is 14.7. The molecule has 0 radical (unpaired) electrons. The molecule has 5 heteroatoms. The largest absolute Gasteiger partial charge is 0.482 e. The average molecular weight is 359 g/mol. The fourth-order valence-electron chi connectivity index (χ4n) is 1.86. The van der Waals surface area contributed by atoms with E-state index in [0.717, 1.165) is 4.47 Å². The van der Waals surface area contributed by atoms with Gasteiger partial charge in [0.25, 0.3) is 0 Å². The molecule has 0 aliphatic rings. The van der Waals surface area contributed by atoms with Crippen molar-refractivity contribution in [3.8, 4) is 5.75 Å². The number of hydrogen-bond donors (Lipinski definition) is 1. The summed E-state index contributed by atoms with van der Waals surface area (Å²) in [5.41, 5.74) is 6.34. The third-order valence-corrected chi connectivity index (χ3v) is 3.64. The topological polar surface area (TPSA) is 35.2 Å². The summed E-state index contributed by atoms with van der Waals surface area (Å²) in [4.78, 5) is 0. The molecule has 2 nitrogen and oxygen atoms in total. The van der Waals surface area contributed by atoms with Crippen LogP contribution in [0.3, 0.4) is 0 Å². The lowest BCUT2D eigenvalue weighted by Gasteiger charge is -2.24. The van der Waals surface area contributed by atoms with E-state index in [0.29, 0.717) is 16.3 Å². The zero-order valence-corrected chi connectivity index (χ0v) is 13.2. The van der Waals surface area contributed by atoms with Crippen LogP contribution in [-0.4, -0.2) is 6.04 Å². The predicted molar refractivity (Wildman–Crippen MR) is 82.6 cm³/mol. The van der Waals surface area contributed by atoms with Gasteiger partial charge in [0.1, 0.15) is 17.7 Å². The van der Waals surface area contributed by atoms with Crippen LogP contribution in [0.25, 0.3) is 0 Å². The van der Waals surface area contributed by atoms with Crippen LogP contribution in [0, 0.1) is 5.82 Å². The summed E-state index contributed by atoms with van der Waals surface area (Å²) >= 11 is 9.44. The van der Waals surface area contributed by atoms with E-state index >= 15 is 0 Å². The van der Waals surface area contributed by atoms with E-state index in [2.05, 4.69) is 15.9 Å². The van der Waals surface area contributed by atoms with Crippen molar-refractivity contribution in [3.63, 3.8) is 0 Å². The number of halogens is 3. The Kier molecular flexibility index (Phi) is 5.02. The minimum Gasteiger partial charge on any atom is -0.482 e. The number of ether oxygens (including phenoxy) is 1. The van der Waals surface area contributed by atoms with Crippen molar-refractivity contribution in [1.29, 1.82) is 0 Å². The van der Waals surface area contributed by atoms with Crippen molar-refractivity contribution >= 4 is 27.5 Å². The predicted octanol–water partition coefficient (Wildman–Crippen LogP) is 4.71. The van der Waals surface area contributed by atoms with Gasteiger partial charge in [-0.2, -0.15) is 0 Å². The minimum atomic E-state index is -0.608. The molecule has 0 aliphatic heterocycles. The van der Waals surface area contributed by atoms with E-state index < -0.39 is 6.10 Å². The minimum absolute atomic E-state index is 0.346. The molecule has 2 N–H and O–H groups in total.